The van der Waals surface area contributed by atoms with Crippen molar-refractivity contribution in [2.45, 2.75) is 83.2 Å². The zero-order chi connectivity index (χ0) is 21.8. The number of likely N-dealkylation sites (tertiary alicyclic amines) is 1. The number of aromatic nitrogens is 3. The van der Waals surface area contributed by atoms with E-state index in [0.717, 1.165) is 74.5 Å². The minimum Gasteiger partial charge on any atom is -0.342 e. The SMILES string of the molecule is C[C@H]1C[C@H]1C(=O)N1CCC(c2cc3nc4c(c(=O)n3[nH]2)CN(C2CCCCC2)CC4)CC1. The van der Waals surface area contributed by atoms with Crippen molar-refractivity contribution >= 4 is 11.6 Å². The molecule has 0 unspecified atom stereocenters. The second-order valence-corrected chi connectivity index (χ2v) is 10.7. The van der Waals surface area contributed by atoms with Crippen molar-refractivity contribution in [3.63, 3.8) is 0 Å². The summed E-state index contributed by atoms with van der Waals surface area (Å²) in [5, 5.41) is 3.38. The van der Waals surface area contributed by atoms with Gasteiger partial charge < -0.3 is 4.90 Å². The molecule has 2 aromatic rings. The molecule has 7 heteroatoms. The Morgan fingerprint density at radius 1 is 1.09 bits per heavy atom. The molecule has 0 aromatic carbocycles. The van der Waals surface area contributed by atoms with Gasteiger partial charge in [0.05, 0.1) is 11.3 Å². The van der Waals surface area contributed by atoms with Crippen molar-refractivity contribution in [3.8, 4) is 0 Å². The molecule has 2 aromatic heterocycles. The van der Waals surface area contributed by atoms with Crippen LogP contribution in [0, 0.1) is 11.8 Å². The van der Waals surface area contributed by atoms with Crippen LogP contribution in [0.15, 0.2) is 10.9 Å². The van der Waals surface area contributed by atoms with Crippen LogP contribution in [0.5, 0.6) is 0 Å². The lowest BCUT2D eigenvalue weighted by molar-refractivity contribution is -0.133. The van der Waals surface area contributed by atoms with Gasteiger partial charge >= 0.3 is 0 Å². The number of aromatic amines is 1. The van der Waals surface area contributed by atoms with Crippen LogP contribution in [0.2, 0.25) is 0 Å². The van der Waals surface area contributed by atoms with Crippen molar-refractivity contribution in [3.05, 3.63) is 33.4 Å². The number of rotatable bonds is 3. The number of H-pyrrole nitrogens is 1. The normalized spacial score (nSPS) is 27.6. The van der Waals surface area contributed by atoms with E-state index in [4.69, 9.17) is 4.98 Å². The highest BCUT2D eigenvalue weighted by Crippen LogP contribution is 2.40. The van der Waals surface area contributed by atoms with Gasteiger partial charge in [0, 0.05) is 62.2 Å². The fourth-order valence-corrected chi connectivity index (χ4v) is 6.30. The number of carbonyl (C=O) groups excluding carboxylic acids is 1. The van der Waals surface area contributed by atoms with E-state index in [2.05, 4.69) is 27.9 Å². The maximum atomic E-state index is 13.4. The van der Waals surface area contributed by atoms with Crippen molar-refractivity contribution in [2.75, 3.05) is 19.6 Å². The van der Waals surface area contributed by atoms with Gasteiger partial charge in [-0.3, -0.25) is 19.6 Å². The maximum Gasteiger partial charge on any atom is 0.277 e. The molecule has 2 saturated carbocycles. The molecule has 1 N–H and O–H groups in total. The van der Waals surface area contributed by atoms with Gasteiger partial charge in [-0.25, -0.2) is 9.50 Å². The Balaban J connectivity index is 1.19. The molecule has 3 fully saturated rings. The fraction of sp³-hybridized carbons (Fsp3) is 0.720. The second-order valence-electron chi connectivity index (χ2n) is 10.7. The summed E-state index contributed by atoms with van der Waals surface area (Å²) >= 11 is 0. The van der Waals surface area contributed by atoms with Crippen LogP contribution < -0.4 is 5.56 Å². The Kier molecular flexibility index (Phi) is 5.12. The zero-order valence-corrected chi connectivity index (χ0v) is 19.2. The second kappa shape index (κ2) is 8.01. The maximum absolute atomic E-state index is 13.4. The highest BCUT2D eigenvalue weighted by molar-refractivity contribution is 5.81. The first-order chi connectivity index (χ1) is 15.6. The van der Waals surface area contributed by atoms with Gasteiger partial charge in [-0.05, 0) is 38.0 Å². The summed E-state index contributed by atoms with van der Waals surface area (Å²) in [5.74, 6) is 1.53. The average Bonchev–Trinajstić information content (AvgIpc) is 3.41. The van der Waals surface area contributed by atoms with Gasteiger partial charge in [0.25, 0.3) is 5.56 Å². The van der Waals surface area contributed by atoms with Crippen molar-refractivity contribution in [1.82, 2.24) is 24.4 Å². The smallest absolute Gasteiger partial charge is 0.277 e. The number of hydrogen-bond acceptors (Lipinski definition) is 4. The summed E-state index contributed by atoms with van der Waals surface area (Å²) in [4.78, 5) is 35.4. The molecule has 4 heterocycles. The van der Waals surface area contributed by atoms with Crippen molar-refractivity contribution < 1.29 is 4.79 Å². The number of fused-ring (bicyclic) bond motifs is 2. The van der Waals surface area contributed by atoms with Crippen molar-refractivity contribution in [2.24, 2.45) is 11.8 Å². The molecular weight excluding hydrogens is 402 g/mol. The van der Waals surface area contributed by atoms with Crippen LogP contribution in [0.4, 0.5) is 0 Å². The highest BCUT2D eigenvalue weighted by Gasteiger charge is 2.42. The van der Waals surface area contributed by atoms with E-state index in [1.165, 1.54) is 32.1 Å². The standard InChI is InChI=1S/C25H35N5O2/c1-16-13-19(16)24(31)28-10-7-17(8-11-28)22-14-23-26-21-9-12-29(18-5-3-2-4-6-18)15-20(21)25(32)30(23)27-22/h14,16-19,27H,2-13,15H2,1H3/t16-,19+/m0/s1. The molecule has 1 amide bonds. The number of piperidine rings is 1. The highest BCUT2D eigenvalue weighted by atomic mass is 16.2. The largest absolute Gasteiger partial charge is 0.342 e. The van der Waals surface area contributed by atoms with Crippen LogP contribution in [-0.2, 0) is 17.8 Å². The summed E-state index contributed by atoms with van der Waals surface area (Å²) in [6, 6.07) is 2.70. The van der Waals surface area contributed by atoms with E-state index < -0.39 is 0 Å². The van der Waals surface area contributed by atoms with Crippen LogP contribution in [-0.4, -0.2) is 56.0 Å². The molecule has 0 spiro atoms. The minimum absolute atomic E-state index is 0.0760. The number of amides is 1. The van der Waals surface area contributed by atoms with E-state index in [9.17, 15) is 9.59 Å². The van der Waals surface area contributed by atoms with E-state index in [1.54, 1.807) is 4.52 Å². The Morgan fingerprint density at radius 2 is 1.84 bits per heavy atom. The Bertz CT molecular complexity index is 1070. The first-order valence-electron chi connectivity index (χ1n) is 12.7. The predicted octanol–water partition coefficient (Wildman–Crippen LogP) is 3.08. The van der Waals surface area contributed by atoms with Crippen LogP contribution in [0.25, 0.3) is 5.65 Å². The molecule has 1 saturated heterocycles. The average molecular weight is 438 g/mol. The third-order valence-corrected chi connectivity index (χ3v) is 8.57. The lowest BCUT2D eigenvalue weighted by Gasteiger charge is -2.36. The molecule has 6 rings (SSSR count). The summed E-state index contributed by atoms with van der Waals surface area (Å²) in [7, 11) is 0. The number of nitrogens with one attached hydrogen (secondary N) is 1. The summed E-state index contributed by atoms with van der Waals surface area (Å²) in [6.07, 6.45) is 10.3. The van der Waals surface area contributed by atoms with Gasteiger partial charge in [0.15, 0.2) is 5.65 Å². The van der Waals surface area contributed by atoms with Gasteiger partial charge in [0.2, 0.25) is 5.91 Å². The molecular formula is C25H35N5O2. The predicted molar refractivity (Wildman–Crippen MR) is 123 cm³/mol. The molecule has 32 heavy (non-hydrogen) atoms. The number of nitrogens with zero attached hydrogens (tertiary/aromatic N) is 4. The van der Waals surface area contributed by atoms with Crippen LogP contribution in [0.3, 0.4) is 0 Å². The molecule has 2 aliphatic heterocycles. The van der Waals surface area contributed by atoms with Gasteiger partial charge in [-0.15, -0.1) is 0 Å². The number of carbonyl (C=O) groups is 1. The van der Waals surface area contributed by atoms with Crippen LogP contribution >= 0.6 is 0 Å². The molecule has 0 bridgehead atoms. The lowest BCUT2D eigenvalue weighted by atomic mass is 9.92. The first-order valence-corrected chi connectivity index (χ1v) is 12.7. The summed E-state index contributed by atoms with van der Waals surface area (Å²) in [5.41, 5.74) is 3.79. The zero-order valence-electron chi connectivity index (χ0n) is 19.2. The Morgan fingerprint density at radius 3 is 2.56 bits per heavy atom. The molecule has 0 radical (unpaired) electrons. The molecule has 7 nitrogen and oxygen atoms in total. The third kappa shape index (κ3) is 3.58. The number of hydrogen-bond donors (Lipinski definition) is 1. The van der Waals surface area contributed by atoms with Crippen molar-refractivity contribution in [1.29, 1.82) is 0 Å². The molecule has 2 atom stereocenters. The fourth-order valence-electron chi connectivity index (χ4n) is 6.30. The van der Waals surface area contributed by atoms with E-state index in [-0.39, 0.29) is 11.5 Å². The molecule has 2 aliphatic carbocycles. The lowest BCUT2D eigenvalue weighted by Crippen LogP contribution is -2.43. The minimum atomic E-state index is 0.0760. The van der Waals surface area contributed by atoms with Crippen LogP contribution in [0.1, 0.15) is 81.2 Å². The topological polar surface area (TPSA) is 73.7 Å². The third-order valence-electron chi connectivity index (χ3n) is 8.57. The van der Waals surface area contributed by atoms with Gasteiger partial charge in [-0.2, -0.15) is 0 Å². The quantitative estimate of drug-likeness (QED) is 0.801. The summed E-state index contributed by atoms with van der Waals surface area (Å²) < 4.78 is 1.67. The van der Waals surface area contributed by atoms with Gasteiger partial charge in [-0.1, -0.05) is 26.2 Å². The summed E-state index contributed by atoms with van der Waals surface area (Å²) in [6.45, 7) is 5.56. The molecule has 4 aliphatic rings. The first kappa shape index (κ1) is 20.5. The molecule has 172 valence electrons. The van der Waals surface area contributed by atoms with E-state index in [1.807, 2.05) is 0 Å². The monoisotopic (exact) mass is 437 g/mol. The van der Waals surface area contributed by atoms with E-state index in [0.29, 0.717) is 23.8 Å². The van der Waals surface area contributed by atoms with E-state index >= 15 is 0 Å². The van der Waals surface area contributed by atoms with Gasteiger partial charge in [0.1, 0.15) is 0 Å². The Labute approximate surface area is 189 Å². The Hall–Kier alpha value is -2.15.